The Hall–Kier alpha value is -2.57. The van der Waals surface area contributed by atoms with Crippen LogP contribution < -0.4 is 9.64 Å². The molecule has 3 saturated heterocycles. The van der Waals surface area contributed by atoms with E-state index >= 15 is 0 Å². The number of aliphatic hydroxyl groups is 1. The third kappa shape index (κ3) is 3.12. The summed E-state index contributed by atoms with van der Waals surface area (Å²) in [6.07, 6.45) is 5.09. The number of anilines is 2. The maximum absolute atomic E-state index is 13.0. The predicted octanol–water partition coefficient (Wildman–Crippen LogP) is 3.76. The number of rotatable bonds is 2. The largest absolute Gasteiger partial charge is 0.453 e. The van der Waals surface area contributed by atoms with Crippen molar-refractivity contribution in [1.29, 1.82) is 0 Å². The molecule has 31 heavy (non-hydrogen) atoms. The van der Waals surface area contributed by atoms with Crippen molar-refractivity contribution >= 4 is 17.3 Å². The molecule has 6 heteroatoms. The Morgan fingerprint density at radius 2 is 1.71 bits per heavy atom. The fraction of sp³-hybridized carbons (Fsp3) is 0.480. The van der Waals surface area contributed by atoms with Crippen molar-refractivity contribution in [2.24, 2.45) is 0 Å². The third-order valence-corrected chi connectivity index (χ3v) is 7.70. The molecule has 2 unspecified atom stereocenters. The molecule has 6 nitrogen and oxygen atoms in total. The number of aliphatic hydroxyl groups excluding tert-OH is 1. The van der Waals surface area contributed by atoms with E-state index in [0.717, 1.165) is 35.7 Å². The van der Waals surface area contributed by atoms with Gasteiger partial charge >= 0.3 is 0 Å². The maximum atomic E-state index is 13.0. The molecule has 162 valence electrons. The summed E-state index contributed by atoms with van der Waals surface area (Å²) < 4.78 is 6.29. The van der Waals surface area contributed by atoms with Crippen LogP contribution in [-0.4, -0.2) is 65.2 Å². The van der Waals surface area contributed by atoms with Gasteiger partial charge in [0.2, 0.25) is 0 Å². The van der Waals surface area contributed by atoms with Crippen molar-refractivity contribution in [3.8, 4) is 11.5 Å². The lowest BCUT2D eigenvalue weighted by molar-refractivity contribution is 0.0764. The minimum Gasteiger partial charge on any atom is -0.453 e. The minimum absolute atomic E-state index is 0.0364. The Morgan fingerprint density at radius 3 is 2.45 bits per heavy atom. The summed E-state index contributed by atoms with van der Waals surface area (Å²) in [5.41, 5.74) is 2.78. The molecule has 1 N–H and O–H groups in total. The second-order valence-corrected chi connectivity index (χ2v) is 9.49. The van der Waals surface area contributed by atoms with Gasteiger partial charge in [-0.1, -0.05) is 12.1 Å². The van der Waals surface area contributed by atoms with Crippen LogP contribution in [-0.2, 0) is 0 Å². The molecule has 4 aliphatic heterocycles. The molecule has 3 fully saturated rings. The Labute approximate surface area is 183 Å². The van der Waals surface area contributed by atoms with Crippen LogP contribution in [0.25, 0.3) is 0 Å². The van der Waals surface area contributed by atoms with Crippen molar-refractivity contribution < 1.29 is 14.6 Å². The van der Waals surface area contributed by atoms with Gasteiger partial charge in [0.05, 0.1) is 17.5 Å². The van der Waals surface area contributed by atoms with Crippen LogP contribution in [0.2, 0.25) is 0 Å². The van der Waals surface area contributed by atoms with Crippen LogP contribution in [0.5, 0.6) is 11.5 Å². The Bertz CT molecular complexity index is 1010. The SMILES string of the molecule is CN1C2CCC1CC(N1c3ccccc3Oc3cc(C(=O)N4CC[C@H](O)C4)ccc31)C2. The highest BCUT2D eigenvalue weighted by atomic mass is 16.5. The van der Waals surface area contributed by atoms with Crippen LogP contribution >= 0.6 is 0 Å². The number of hydrogen-bond acceptors (Lipinski definition) is 5. The van der Waals surface area contributed by atoms with E-state index in [-0.39, 0.29) is 5.91 Å². The van der Waals surface area contributed by atoms with Gasteiger partial charge in [-0.25, -0.2) is 0 Å². The van der Waals surface area contributed by atoms with E-state index in [9.17, 15) is 9.90 Å². The fourth-order valence-corrected chi connectivity index (χ4v) is 6.01. The van der Waals surface area contributed by atoms with Gasteiger partial charge in [-0.2, -0.15) is 0 Å². The average Bonchev–Trinajstić information content (AvgIpc) is 3.28. The standard InChI is InChI=1S/C25H29N3O3/c1-26-17-7-8-18(26)14-19(13-17)28-21-4-2-3-5-23(21)31-24-12-16(6-9-22(24)28)25(30)27-11-10-20(29)15-27/h2-6,9,12,17-20,29H,7-8,10-11,13-15H2,1H3/t17?,18?,19?,20-/m0/s1. The zero-order valence-electron chi connectivity index (χ0n) is 17.9. The Balaban J connectivity index is 1.36. The van der Waals surface area contributed by atoms with E-state index in [1.165, 1.54) is 12.8 Å². The van der Waals surface area contributed by atoms with Gasteiger partial charge in [-0.05, 0) is 69.5 Å². The zero-order valence-corrected chi connectivity index (χ0v) is 17.9. The summed E-state index contributed by atoms with van der Waals surface area (Å²) in [6.45, 7) is 1.01. The van der Waals surface area contributed by atoms with E-state index in [4.69, 9.17) is 4.74 Å². The molecule has 2 aromatic carbocycles. The van der Waals surface area contributed by atoms with Crippen LogP contribution in [0.1, 0.15) is 42.5 Å². The first-order valence-corrected chi connectivity index (χ1v) is 11.5. The fourth-order valence-electron chi connectivity index (χ4n) is 6.01. The zero-order chi connectivity index (χ0) is 21.1. The molecule has 0 saturated carbocycles. The minimum atomic E-state index is -0.417. The number of benzene rings is 2. The van der Waals surface area contributed by atoms with Gasteiger partial charge in [-0.15, -0.1) is 0 Å². The molecule has 4 aliphatic rings. The quantitative estimate of drug-likeness (QED) is 0.803. The molecule has 1 amide bonds. The normalized spacial score (nSPS) is 29.5. The van der Waals surface area contributed by atoms with Crippen molar-refractivity contribution in [3.63, 3.8) is 0 Å². The molecule has 3 atom stereocenters. The molecule has 2 bridgehead atoms. The van der Waals surface area contributed by atoms with Gasteiger partial charge in [0.15, 0.2) is 11.5 Å². The van der Waals surface area contributed by atoms with Crippen LogP contribution in [0.15, 0.2) is 42.5 Å². The summed E-state index contributed by atoms with van der Waals surface area (Å²) in [6, 6.07) is 15.8. The topological polar surface area (TPSA) is 56.2 Å². The highest BCUT2D eigenvalue weighted by Gasteiger charge is 2.42. The Kier molecular flexibility index (Phi) is 4.47. The number of hydrogen-bond donors (Lipinski definition) is 1. The van der Waals surface area contributed by atoms with E-state index in [1.807, 2.05) is 30.3 Å². The number of fused-ring (bicyclic) bond motifs is 4. The molecule has 0 radical (unpaired) electrons. The summed E-state index contributed by atoms with van der Waals surface area (Å²) in [5, 5.41) is 9.81. The lowest BCUT2D eigenvalue weighted by Crippen LogP contribution is -2.48. The highest BCUT2D eigenvalue weighted by Crippen LogP contribution is 2.50. The van der Waals surface area contributed by atoms with Crippen molar-refractivity contribution in [3.05, 3.63) is 48.0 Å². The summed E-state index contributed by atoms with van der Waals surface area (Å²) >= 11 is 0. The van der Waals surface area contributed by atoms with Gasteiger partial charge in [0, 0.05) is 36.8 Å². The van der Waals surface area contributed by atoms with Gasteiger partial charge < -0.3 is 24.5 Å². The Morgan fingerprint density at radius 1 is 0.968 bits per heavy atom. The van der Waals surface area contributed by atoms with Crippen LogP contribution in [0.4, 0.5) is 11.4 Å². The molecule has 6 rings (SSSR count). The number of ether oxygens (including phenoxy) is 1. The summed E-state index contributed by atoms with van der Waals surface area (Å²) in [7, 11) is 2.27. The van der Waals surface area contributed by atoms with E-state index in [2.05, 4.69) is 29.0 Å². The first-order valence-electron chi connectivity index (χ1n) is 11.5. The van der Waals surface area contributed by atoms with E-state index in [1.54, 1.807) is 4.90 Å². The first kappa shape index (κ1) is 19.1. The second-order valence-electron chi connectivity index (χ2n) is 9.49. The van der Waals surface area contributed by atoms with Crippen molar-refractivity contribution in [2.75, 3.05) is 25.0 Å². The number of piperidine rings is 1. The van der Waals surface area contributed by atoms with E-state index < -0.39 is 6.10 Å². The second kappa shape index (κ2) is 7.24. The number of β-amino-alcohol motifs (C(OH)–C–C–N with tert-alkyl or cyclic N) is 1. The molecule has 4 heterocycles. The number of carbonyl (C=O) groups excluding carboxylic acids is 1. The average molecular weight is 420 g/mol. The first-order chi connectivity index (χ1) is 15.1. The molecular weight excluding hydrogens is 390 g/mol. The molecule has 0 spiro atoms. The van der Waals surface area contributed by atoms with Gasteiger partial charge in [0.1, 0.15) is 0 Å². The molecule has 0 aromatic heterocycles. The summed E-state index contributed by atoms with van der Waals surface area (Å²) in [5.74, 6) is 1.56. The monoisotopic (exact) mass is 419 g/mol. The molecular formula is C25H29N3O3. The maximum Gasteiger partial charge on any atom is 0.254 e. The number of para-hydroxylation sites is 2. The highest BCUT2D eigenvalue weighted by molar-refractivity contribution is 5.96. The summed E-state index contributed by atoms with van der Waals surface area (Å²) in [4.78, 5) is 19.7. The number of nitrogens with zero attached hydrogens (tertiary/aromatic N) is 3. The molecule has 0 aliphatic carbocycles. The van der Waals surface area contributed by atoms with Crippen molar-refractivity contribution in [1.82, 2.24) is 9.80 Å². The molecule has 2 aromatic rings. The van der Waals surface area contributed by atoms with Crippen molar-refractivity contribution in [2.45, 2.75) is 56.3 Å². The van der Waals surface area contributed by atoms with Crippen LogP contribution in [0, 0.1) is 0 Å². The lowest BCUT2D eigenvalue weighted by atomic mass is 9.94. The predicted molar refractivity (Wildman–Crippen MR) is 119 cm³/mol. The smallest absolute Gasteiger partial charge is 0.254 e. The number of likely N-dealkylation sites (tertiary alicyclic amines) is 1. The van der Waals surface area contributed by atoms with Gasteiger partial charge in [-0.3, -0.25) is 4.79 Å². The van der Waals surface area contributed by atoms with E-state index in [0.29, 0.717) is 43.2 Å². The lowest BCUT2D eigenvalue weighted by Gasteiger charge is -2.45. The third-order valence-electron chi connectivity index (χ3n) is 7.70. The number of amides is 1. The van der Waals surface area contributed by atoms with Gasteiger partial charge in [0.25, 0.3) is 5.91 Å². The van der Waals surface area contributed by atoms with Crippen LogP contribution in [0.3, 0.4) is 0 Å². The number of carbonyl (C=O) groups is 1.